The highest BCUT2D eigenvalue weighted by Gasteiger charge is 2.00. The summed E-state index contributed by atoms with van der Waals surface area (Å²) in [5.41, 5.74) is -1.20. The van der Waals surface area contributed by atoms with Crippen molar-refractivity contribution in [3.8, 4) is 0 Å². The van der Waals surface area contributed by atoms with Crippen LogP contribution < -0.4 is 16.6 Å². The van der Waals surface area contributed by atoms with Gasteiger partial charge in [-0.05, 0) is 6.42 Å². The Morgan fingerprint density at radius 2 is 2.20 bits per heavy atom. The molecule has 84 valence electrons. The molecule has 7 nitrogen and oxygen atoms in total. The molecule has 0 aromatic carbocycles. The lowest BCUT2D eigenvalue weighted by Gasteiger charge is -2.01. The molecule has 1 atom stereocenters. The highest BCUT2D eigenvalue weighted by Crippen LogP contribution is 1.89. The van der Waals surface area contributed by atoms with Gasteiger partial charge in [-0.3, -0.25) is 14.0 Å². The van der Waals surface area contributed by atoms with Crippen LogP contribution in [0.15, 0.2) is 9.59 Å². The maximum atomic E-state index is 11.1. The van der Waals surface area contributed by atoms with Gasteiger partial charge in [0, 0.05) is 29.4 Å². The normalized spacial score (nSPS) is 12.3. The Labute approximate surface area is 87.8 Å². The van der Waals surface area contributed by atoms with Crippen molar-refractivity contribution in [3.63, 3.8) is 0 Å². The monoisotopic (exact) mass is 232 g/mol. The summed E-state index contributed by atoms with van der Waals surface area (Å²) in [6, 6.07) is 0. The first kappa shape index (κ1) is 11.6. The van der Waals surface area contributed by atoms with Crippen LogP contribution in [-0.2, 0) is 10.8 Å². The number of aromatic nitrogens is 3. The van der Waals surface area contributed by atoms with Gasteiger partial charge in [0.2, 0.25) is 5.82 Å². The summed E-state index contributed by atoms with van der Waals surface area (Å²) in [6.45, 7) is 0.488. The van der Waals surface area contributed by atoms with Crippen LogP contribution in [0.3, 0.4) is 0 Å². The Morgan fingerprint density at radius 3 is 2.80 bits per heavy atom. The van der Waals surface area contributed by atoms with Crippen LogP contribution in [0.2, 0.25) is 0 Å². The van der Waals surface area contributed by atoms with Crippen molar-refractivity contribution in [3.05, 3.63) is 20.8 Å². The number of anilines is 1. The average molecular weight is 232 g/mol. The summed E-state index contributed by atoms with van der Waals surface area (Å²) in [5.74, 6) is 0.630. The fraction of sp³-hybridized carbons (Fsp3) is 0.571. The number of rotatable bonds is 5. The topological polar surface area (TPSA) is 108 Å². The molecule has 1 aromatic heterocycles. The van der Waals surface area contributed by atoms with E-state index < -0.39 is 22.0 Å². The van der Waals surface area contributed by atoms with E-state index in [-0.39, 0.29) is 5.82 Å². The summed E-state index contributed by atoms with van der Waals surface area (Å²) < 4.78 is 10.7. The Hall–Kier alpha value is -1.44. The zero-order chi connectivity index (χ0) is 11.3. The molecular weight excluding hydrogens is 220 g/mol. The lowest BCUT2D eigenvalue weighted by Crippen LogP contribution is -2.27. The van der Waals surface area contributed by atoms with Crippen molar-refractivity contribution in [2.24, 2.45) is 0 Å². The minimum atomic E-state index is -0.837. The van der Waals surface area contributed by atoms with Crippen molar-refractivity contribution in [1.82, 2.24) is 15.2 Å². The molecule has 0 saturated heterocycles. The first-order valence-electron chi connectivity index (χ1n) is 4.32. The van der Waals surface area contributed by atoms with E-state index in [1.54, 1.807) is 6.26 Å². The maximum Gasteiger partial charge on any atom is 0.342 e. The van der Waals surface area contributed by atoms with E-state index in [2.05, 4.69) is 15.5 Å². The third kappa shape index (κ3) is 4.07. The van der Waals surface area contributed by atoms with Crippen LogP contribution in [0.1, 0.15) is 6.42 Å². The first-order chi connectivity index (χ1) is 7.09. The minimum Gasteiger partial charge on any atom is -0.364 e. The summed E-state index contributed by atoms with van der Waals surface area (Å²) in [7, 11) is -0.837. The van der Waals surface area contributed by atoms with Gasteiger partial charge >= 0.3 is 5.69 Å². The quantitative estimate of drug-likeness (QED) is 0.543. The molecule has 1 aromatic rings. The molecule has 0 bridgehead atoms. The van der Waals surface area contributed by atoms with Crippen LogP contribution in [0.4, 0.5) is 5.82 Å². The number of nitrogens with one attached hydrogen (secondary N) is 3. The molecule has 1 rings (SSSR count). The lowest BCUT2D eigenvalue weighted by atomic mass is 10.5. The third-order valence-electron chi connectivity index (χ3n) is 1.61. The number of H-pyrrole nitrogens is 2. The second-order valence-corrected chi connectivity index (χ2v) is 4.47. The Bertz CT molecular complexity index is 452. The van der Waals surface area contributed by atoms with E-state index in [0.717, 1.165) is 0 Å². The summed E-state index contributed by atoms with van der Waals surface area (Å²) in [4.78, 5) is 23.8. The van der Waals surface area contributed by atoms with Gasteiger partial charge in [0.25, 0.3) is 5.56 Å². The van der Waals surface area contributed by atoms with E-state index in [1.165, 1.54) is 0 Å². The number of hydrogen-bond donors (Lipinski definition) is 3. The van der Waals surface area contributed by atoms with Gasteiger partial charge in [-0.15, -0.1) is 5.10 Å². The van der Waals surface area contributed by atoms with Crippen molar-refractivity contribution >= 4 is 16.6 Å². The maximum absolute atomic E-state index is 11.1. The highest BCUT2D eigenvalue weighted by atomic mass is 32.2. The molecule has 1 heterocycles. The predicted molar refractivity (Wildman–Crippen MR) is 57.5 cm³/mol. The van der Waals surface area contributed by atoms with Crippen molar-refractivity contribution in [2.45, 2.75) is 6.42 Å². The summed E-state index contributed by atoms with van der Waals surface area (Å²) >= 11 is 0. The van der Waals surface area contributed by atoms with Crippen LogP contribution in [-0.4, -0.2) is 37.9 Å². The van der Waals surface area contributed by atoms with Crippen molar-refractivity contribution in [2.75, 3.05) is 23.9 Å². The van der Waals surface area contributed by atoms with Crippen molar-refractivity contribution in [1.29, 1.82) is 0 Å². The lowest BCUT2D eigenvalue weighted by molar-refractivity contribution is 0.685. The Kier molecular flexibility index (Phi) is 4.22. The molecule has 0 aliphatic rings. The van der Waals surface area contributed by atoms with E-state index in [4.69, 9.17) is 0 Å². The predicted octanol–water partition coefficient (Wildman–Crippen LogP) is -1.36. The molecule has 0 radical (unpaired) electrons. The fourth-order valence-corrected chi connectivity index (χ4v) is 1.50. The van der Waals surface area contributed by atoms with Gasteiger partial charge in [0.1, 0.15) is 0 Å². The summed E-state index contributed by atoms with van der Waals surface area (Å²) in [6.07, 6.45) is 2.29. The Morgan fingerprint density at radius 1 is 1.47 bits per heavy atom. The first-order valence-corrected chi connectivity index (χ1v) is 6.05. The third-order valence-corrected chi connectivity index (χ3v) is 2.48. The van der Waals surface area contributed by atoms with Gasteiger partial charge in [-0.1, -0.05) is 0 Å². The van der Waals surface area contributed by atoms with Crippen molar-refractivity contribution < 1.29 is 4.21 Å². The fourth-order valence-electron chi connectivity index (χ4n) is 0.950. The van der Waals surface area contributed by atoms with Gasteiger partial charge in [0.05, 0.1) is 0 Å². The molecule has 1 unspecified atom stereocenters. The zero-order valence-electron chi connectivity index (χ0n) is 8.20. The van der Waals surface area contributed by atoms with Crippen LogP contribution in [0.5, 0.6) is 0 Å². The second kappa shape index (κ2) is 5.44. The van der Waals surface area contributed by atoms with E-state index >= 15 is 0 Å². The highest BCUT2D eigenvalue weighted by molar-refractivity contribution is 7.84. The number of hydrogen-bond acceptors (Lipinski definition) is 5. The van der Waals surface area contributed by atoms with Crippen LogP contribution in [0, 0.1) is 0 Å². The van der Waals surface area contributed by atoms with E-state index in [1.807, 2.05) is 4.98 Å². The number of nitrogens with zero attached hydrogens (tertiary/aromatic N) is 1. The standard InChI is InChI=1S/C7H12N4O3S/c1-15(14)4-2-3-8-5-6(12)9-7(13)11-10-5/h2-4H2,1H3,(H,8,10)(H2,9,11,12,13). The van der Waals surface area contributed by atoms with E-state index in [9.17, 15) is 13.8 Å². The molecule has 0 fully saturated rings. The van der Waals surface area contributed by atoms with Gasteiger partial charge in [-0.25, -0.2) is 9.89 Å². The molecule has 0 saturated carbocycles. The van der Waals surface area contributed by atoms with Gasteiger partial charge in [-0.2, -0.15) is 0 Å². The number of aromatic amines is 2. The molecular formula is C7H12N4O3S. The molecule has 0 aliphatic carbocycles. The molecule has 0 spiro atoms. The second-order valence-electron chi connectivity index (χ2n) is 2.91. The Balaban J connectivity index is 2.48. The molecule has 8 heteroatoms. The molecule has 15 heavy (non-hydrogen) atoms. The van der Waals surface area contributed by atoms with Crippen LogP contribution in [0.25, 0.3) is 0 Å². The van der Waals surface area contributed by atoms with Crippen LogP contribution >= 0.6 is 0 Å². The smallest absolute Gasteiger partial charge is 0.342 e. The minimum absolute atomic E-state index is 0.0662. The van der Waals surface area contributed by atoms with Gasteiger partial charge < -0.3 is 5.32 Å². The summed E-state index contributed by atoms with van der Waals surface area (Å²) in [5, 5.41) is 8.37. The average Bonchev–Trinajstić information content (AvgIpc) is 2.14. The molecule has 3 N–H and O–H groups in total. The molecule has 0 aliphatic heterocycles. The largest absolute Gasteiger partial charge is 0.364 e. The SMILES string of the molecule is CS(=O)CCCNc1n[nH]c(=O)[nH]c1=O. The molecule has 0 amide bonds. The zero-order valence-corrected chi connectivity index (χ0v) is 9.02. The van der Waals surface area contributed by atoms with Gasteiger partial charge in [0.15, 0.2) is 0 Å². The van der Waals surface area contributed by atoms with E-state index in [0.29, 0.717) is 18.7 Å².